The molecule has 0 saturated heterocycles. The van der Waals surface area contributed by atoms with Gasteiger partial charge in [-0.3, -0.25) is 0 Å². The lowest BCUT2D eigenvalue weighted by Crippen LogP contribution is -2.08. The van der Waals surface area contributed by atoms with Gasteiger partial charge in [-0.2, -0.15) is 0 Å². The Morgan fingerprint density at radius 2 is 1.26 bits per heavy atom. The molecule has 0 radical (unpaired) electrons. The quantitative estimate of drug-likeness (QED) is 0.779. The molecule has 0 atom stereocenters. The molecule has 0 aliphatic heterocycles. The zero-order valence-corrected chi connectivity index (χ0v) is 14.5. The molecular weight excluding hydrogens is 276 g/mol. The third kappa shape index (κ3) is 5.57. The summed E-state index contributed by atoms with van der Waals surface area (Å²) in [5, 5.41) is 10.4. The third-order valence-corrected chi connectivity index (χ3v) is 4.37. The minimum Gasteiger partial charge on any atom is -0.506 e. The molecular formula is C15H24O2S2. The van der Waals surface area contributed by atoms with Crippen LogP contribution in [0.4, 0.5) is 0 Å². The number of phenolic OH excluding ortho intramolecular Hbond substituents is 1. The van der Waals surface area contributed by atoms with E-state index < -0.39 is 0 Å². The van der Waals surface area contributed by atoms with Crippen LogP contribution in [-0.2, 0) is 0 Å². The fourth-order valence-electron chi connectivity index (χ4n) is 1.49. The van der Waals surface area contributed by atoms with Gasteiger partial charge in [0.2, 0.25) is 0 Å². The van der Waals surface area contributed by atoms with Crippen molar-refractivity contribution in [3.63, 3.8) is 0 Å². The van der Waals surface area contributed by atoms with Crippen LogP contribution in [-0.4, -0.2) is 21.7 Å². The third-order valence-electron chi connectivity index (χ3n) is 2.08. The molecule has 108 valence electrons. The molecule has 2 nitrogen and oxygen atoms in total. The average Bonchev–Trinajstić information content (AvgIpc) is 2.19. The molecule has 19 heavy (non-hydrogen) atoms. The van der Waals surface area contributed by atoms with Crippen LogP contribution in [0.1, 0.15) is 41.5 Å². The molecule has 0 amide bonds. The minimum atomic E-state index is 0.0491. The van der Waals surface area contributed by atoms with Crippen molar-refractivity contribution in [2.24, 2.45) is 0 Å². The van der Waals surface area contributed by atoms with Crippen LogP contribution >= 0.6 is 23.5 Å². The second-order valence-electron chi connectivity index (χ2n) is 6.40. The van der Waals surface area contributed by atoms with E-state index in [1.165, 1.54) is 0 Å². The standard InChI is InChI=1S/C15H24O2S2/c1-14(2,3)18-11-8-10(17-7)9-12(13(11)16)19-15(4,5)6/h8-9,16H,1-7H3. The monoisotopic (exact) mass is 300 g/mol. The lowest BCUT2D eigenvalue weighted by molar-refractivity contribution is 0.404. The maximum atomic E-state index is 10.4. The normalized spacial score (nSPS) is 12.6. The van der Waals surface area contributed by atoms with Crippen molar-refractivity contribution >= 4 is 23.5 Å². The summed E-state index contributed by atoms with van der Waals surface area (Å²) in [4.78, 5) is 1.75. The fourth-order valence-corrected chi connectivity index (χ4v) is 3.64. The van der Waals surface area contributed by atoms with Crippen molar-refractivity contribution < 1.29 is 9.84 Å². The summed E-state index contributed by atoms with van der Waals surface area (Å²) in [5.41, 5.74) is 0. The first-order chi connectivity index (χ1) is 8.52. The summed E-state index contributed by atoms with van der Waals surface area (Å²) < 4.78 is 5.44. The molecule has 0 unspecified atom stereocenters. The van der Waals surface area contributed by atoms with Crippen LogP contribution in [0.15, 0.2) is 21.9 Å². The molecule has 0 aliphatic carbocycles. The SMILES string of the molecule is COc1cc(SC(C)(C)C)c(O)c(SC(C)(C)C)c1. The van der Waals surface area contributed by atoms with E-state index in [4.69, 9.17) is 4.74 Å². The van der Waals surface area contributed by atoms with E-state index in [0.717, 1.165) is 15.5 Å². The second kappa shape index (κ2) is 5.88. The first-order valence-electron chi connectivity index (χ1n) is 6.31. The Morgan fingerprint density at radius 1 is 0.895 bits per heavy atom. The molecule has 0 spiro atoms. The fraction of sp³-hybridized carbons (Fsp3) is 0.600. The Kier molecular flexibility index (Phi) is 5.13. The summed E-state index contributed by atoms with van der Waals surface area (Å²) in [6, 6.07) is 3.80. The Bertz CT molecular complexity index is 405. The largest absolute Gasteiger partial charge is 0.506 e. The van der Waals surface area contributed by atoms with Gasteiger partial charge in [-0.1, -0.05) is 41.5 Å². The van der Waals surface area contributed by atoms with Crippen molar-refractivity contribution in [3.05, 3.63) is 12.1 Å². The van der Waals surface area contributed by atoms with Gasteiger partial charge in [-0.25, -0.2) is 0 Å². The summed E-state index contributed by atoms with van der Waals surface area (Å²) in [5.74, 6) is 1.15. The predicted octanol–water partition coefficient (Wildman–Crippen LogP) is 5.18. The van der Waals surface area contributed by atoms with Crippen LogP contribution in [0, 0.1) is 0 Å². The number of ether oxygens (including phenoxy) is 1. The molecule has 0 saturated carbocycles. The van der Waals surface area contributed by atoms with Crippen molar-refractivity contribution in [2.45, 2.75) is 60.8 Å². The summed E-state index contributed by atoms with van der Waals surface area (Å²) in [7, 11) is 1.66. The summed E-state index contributed by atoms with van der Waals surface area (Å²) in [6.07, 6.45) is 0. The molecule has 4 heteroatoms. The number of hydrogen-bond donors (Lipinski definition) is 1. The van der Waals surface area contributed by atoms with Gasteiger partial charge in [0.15, 0.2) is 0 Å². The molecule has 0 fully saturated rings. The van der Waals surface area contributed by atoms with Crippen molar-refractivity contribution in [1.29, 1.82) is 0 Å². The number of thioether (sulfide) groups is 2. The molecule has 1 rings (SSSR count). The van der Waals surface area contributed by atoms with Gasteiger partial charge < -0.3 is 9.84 Å². The van der Waals surface area contributed by atoms with E-state index in [0.29, 0.717) is 5.75 Å². The minimum absolute atomic E-state index is 0.0491. The summed E-state index contributed by atoms with van der Waals surface area (Å²) >= 11 is 3.31. The van der Waals surface area contributed by atoms with Crippen LogP contribution < -0.4 is 4.74 Å². The van der Waals surface area contributed by atoms with E-state index >= 15 is 0 Å². The topological polar surface area (TPSA) is 29.5 Å². The zero-order valence-electron chi connectivity index (χ0n) is 12.8. The van der Waals surface area contributed by atoms with Crippen molar-refractivity contribution in [3.8, 4) is 11.5 Å². The van der Waals surface area contributed by atoms with Gasteiger partial charge in [-0.05, 0) is 12.1 Å². The highest BCUT2D eigenvalue weighted by molar-refractivity contribution is 8.01. The maximum absolute atomic E-state index is 10.4. The van der Waals surface area contributed by atoms with Gasteiger partial charge in [-0.15, -0.1) is 23.5 Å². The Balaban J connectivity index is 3.21. The number of benzene rings is 1. The van der Waals surface area contributed by atoms with Crippen molar-refractivity contribution in [1.82, 2.24) is 0 Å². The lowest BCUT2D eigenvalue weighted by Gasteiger charge is -2.23. The first kappa shape index (κ1) is 16.6. The Morgan fingerprint density at radius 3 is 1.53 bits per heavy atom. The number of methoxy groups -OCH3 is 1. The lowest BCUT2D eigenvalue weighted by atomic mass is 10.2. The second-order valence-corrected chi connectivity index (χ2v) is 10.1. The molecule has 1 aromatic rings. The molecule has 1 aromatic carbocycles. The molecule has 1 N–H and O–H groups in total. The van der Waals surface area contributed by atoms with Crippen LogP contribution in [0.2, 0.25) is 0 Å². The number of hydrogen-bond acceptors (Lipinski definition) is 4. The van der Waals surface area contributed by atoms with Crippen LogP contribution in [0.25, 0.3) is 0 Å². The highest BCUT2D eigenvalue weighted by Gasteiger charge is 2.21. The smallest absolute Gasteiger partial charge is 0.142 e. The Labute approximate surface area is 125 Å². The number of phenols is 1. The number of rotatable bonds is 3. The average molecular weight is 300 g/mol. The predicted molar refractivity (Wildman–Crippen MR) is 85.9 cm³/mol. The van der Waals surface area contributed by atoms with Gasteiger partial charge in [0.05, 0.1) is 16.9 Å². The van der Waals surface area contributed by atoms with Gasteiger partial charge >= 0.3 is 0 Å². The van der Waals surface area contributed by atoms with E-state index in [2.05, 4.69) is 41.5 Å². The molecule has 0 bridgehead atoms. The van der Waals surface area contributed by atoms with Gasteiger partial charge in [0, 0.05) is 9.49 Å². The number of aromatic hydroxyl groups is 1. The highest BCUT2D eigenvalue weighted by atomic mass is 32.2. The van der Waals surface area contributed by atoms with Crippen LogP contribution in [0.3, 0.4) is 0 Å². The zero-order chi connectivity index (χ0) is 14.8. The summed E-state index contributed by atoms with van der Waals surface area (Å²) in [6.45, 7) is 12.8. The first-order valence-corrected chi connectivity index (χ1v) is 7.94. The van der Waals surface area contributed by atoms with Crippen LogP contribution in [0.5, 0.6) is 11.5 Å². The van der Waals surface area contributed by atoms with E-state index in [1.807, 2.05) is 12.1 Å². The van der Waals surface area contributed by atoms with Gasteiger partial charge in [0.1, 0.15) is 11.5 Å². The maximum Gasteiger partial charge on any atom is 0.142 e. The van der Waals surface area contributed by atoms with E-state index in [9.17, 15) is 5.11 Å². The van der Waals surface area contributed by atoms with Crippen molar-refractivity contribution in [2.75, 3.05) is 7.11 Å². The molecule has 0 heterocycles. The van der Waals surface area contributed by atoms with E-state index in [-0.39, 0.29) is 9.49 Å². The highest BCUT2D eigenvalue weighted by Crippen LogP contribution is 2.47. The van der Waals surface area contributed by atoms with E-state index in [1.54, 1.807) is 30.6 Å². The Hall–Kier alpha value is -0.480. The molecule has 0 aliphatic rings. The molecule has 0 aromatic heterocycles. The van der Waals surface area contributed by atoms with Gasteiger partial charge in [0.25, 0.3) is 0 Å².